The van der Waals surface area contributed by atoms with Crippen LogP contribution in [0.15, 0.2) is 30.5 Å². The van der Waals surface area contributed by atoms with Crippen molar-refractivity contribution in [2.45, 2.75) is 56.8 Å². The van der Waals surface area contributed by atoms with Gasteiger partial charge in [-0.2, -0.15) is 0 Å². The molecular weight excluding hydrogens is 537 g/mol. The molecule has 5 rings (SSSR count). The molecule has 3 aliphatic rings. The van der Waals surface area contributed by atoms with Gasteiger partial charge in [0.1, 0.15) is 17.5 Å². The van der Waals surface area contributed by atoms with Crippen LogP contribution in [-0.4, -0.2) is 104 Å². The molecule has 3 aliphatic heterocycles. The van der Waals surface area contributed by atoms with Crippen molar-refractivity contribution in [3.05, 3.63) is 46.1 Å². The fourth-order valence-corrected chi connectivity index (χ4v) is 6.03. The number of nitro groups is 1. The van der Waals surface area contributed by atoms with E-state index in [1.54, 1.807) is 16.7 Å². The van der Waals surface area contributed by atoms with Crippen molar-refractivity contribution in [3.8, 4) is 11.8 Å². The summed E-state index contributed by atoms with van der Waals surface area (Å²) in [5, 5.41) is 20.7. The van der Waals surface area contributed by atoms with Crippen LogP contribution in [0.5, 0.6) is 11.8 Å². The Morgan fingerprint density at radius 2 is 1.93 bits per heavy atom. The first kappa shape index (κ1) is 28.0. The van der Waals surface area contributed by atoms with E-state index in [1.165, 1.54) is 23.2 Å². The van der Waals surface area contributed by atoms with Gasteiger partial charge in [-0.15, -0.1) is 13.2 Å². The number of ether oxygens (including phenoxy) is 2. The van der Waals surface area contributed by atoms with Crippen molar-refractivity contribution >= 4 is 11.9 Å². The van der Waals surface area contributed by atoms with Gasteiger partial charge in [0.05, 0.1) is 6.54 Å². The number of carboxylic acid groups (broad SMARTS) is 1. The first-order valence-electron chi connectivity index (χ1n) is 13.1. The maximum Gasteiger partial charge on any atom is 0.573 e. The van der Waals surface area contributed by atoms with Gasteiger partial charge < -0.3 is 29.6 Å². The minimum Gasteiger partial charge on any atom is -0.465 e. The summed E-state index contributed by atoms with van der Waals surface area (Å²) in [6, 6.07) is 5.73. The lowest BCUT2D eigenvalue weighted by molar-refractivity contribution is -0.389. The Hall–Kier alpha value is -3.59. The van der Waals surface area contributed by atoms with Crippen LogP contribution in [0.1, 0.15) is 25.3 Å². The Bertz CT molecular complexity index is 1210. The molecule has 0 bridgehead atoms. The number of likely N-dealkylation sites (tertiary alicyclic amines) is 1. The van der Waals surface area contributed by atoms with E-state index < -0.39 is 23.0 Å². The van der Waals surface area contributed by atoms with E-state index in [1.807, 2.05) is 6.92 Å². The third-order valence-electron chi connectivity index (χ3n) is 7.80. The lowest BCUT2D eigenvalue weighted by Crippen LogP contribution is -2.58. The van der Waals surface area contributed by atoms with Crippen LogP contribution in [0.4, 0.5) is 23.8 Å². The van der Waals surface area contributed by atoms with Crippen molar-refractivity contribution in [1.82, 2.24) is 24.3 Å². The predicted octanol–water partition coefficient (Wildman–Crippen LogP) is 3.21. The second-order valence-corrected chi connectivity index (χ2v) is 10.8. The largest absolute Gasteiger partial charge is 0.573 e. The number of benzene rings is 1. The van der Waals surface area contributed by atoms with Crippen molar-refractivity contribution in [2.24, 2.45) is 0 Å². The highest BCUT2D eigenvalue weighted by atomic mass is 19.4. The van der Waals surface area contributed by atoms with Crippen molar-refractivity contribution in [1.29, 1.82) is 0 Å². The summed E-state index contributed by atoms with van der Waals surface area (Å²) in [4.78, 5) is 32.4. The molecule has 2 saturated heterocycles. The lowest BCUT2D eigenvalue weighted by Gasteiger charge is -2.46. The molecule has 15 heteroatoms. The fraction of sp³-hybridized carbons (Fsp3) is 0.600. The molecule has 0 spiro atoms. The van der Waals surface area contributed by atoms with Crippen LogP contribution < -0.4 is 9.47 Å². The number of carbonyl (C=O) groups is 1. The number of imidazole rings is 1. The van der Waals surface area contributed by atoms with Crippen LogP contribution in [0.2, 0.25) is 0 Å². The zero-order valence-corrected chi connectivity index (χ0v) is 21.9. The van der Waals surface area contributed by atoms with E-state index in [0.29, 0.717) is 38.9 Å². The van der Waals surface area contributed by atoms with E-state index in [9.17, 15) is 33.2 Å². The Morgan fingerprint density at radius 3 is 2.52 bits per heavy atom. The number of rotatable bonds is 7. The van der Waals surface area contributed by atoms with Gasteiger partial charge in [-0.3, -0.25) is 14.4 Å². The molecule has 2 fully saturated rings. The summed E-state index contributed by atoms with van der Waals surface area (Å²) >= 11 is 0. The molecule has 1 amide bonds. The minimum absolute atomic E-state index is 0.194. The zero-order chi connectivity index (χ0) is 28.7. The first-order valence-corrected chi connectivity index (χ1v) is 13.1. The second kappa shape index (κ2) is 10.8. The third kappa shape index (κ3) is 6.41. The van der Waals surface area contributed by atoms with E-state index in [4.69, 9.17) is 4.74 Å². The SMILES string of the molecule is CC1(CN2CCN(C3CCN(C(=O)O)[C@@H](Cc4ccc(OC(F)(F)F)cc4)C3)CC2)Cn2cc([N+](=O)[O-])nc2O1. The summed E-state index contributed by atoms with van der Waals surface area (Å²) < 4.78 is 49.0. The normalized spacial score (nSPS) is 25.9. The molecule has 40 heavy (non-hydrogen) atoms. The summed E-state index contributed by atoms with van der Waals surface area (Å²) in [5.74, 6) is -0.542. The quantitative estimate of drug-likeness (QED) is 0.396. The third-order valence-corrected chi connectivity index (χ3v) is 7.80. The van der Waals surface area contributed by atoms with Crippen LogP contribution in [-0.2, 0) is 13.0 Å². The van der Waals surface area contributed by atoms with E-state index >= 15 is 0 Å². The number of nitrogens with zero attached hydrogens (tertiary/aromatic N) is 6. The highest BCUT2D eigenvalue weighted by molar-refractivity contribution is 5.65. The minimum atomic E-state index is -4.77. The predicted molar refractivity (Wildman–Crippen MR) is 134 cm³/mol. The molecular formula is C25H31F3N6O6. The monoisotopic (exact) mass is 568 g/mol. The van der Waals surface area contributed by atoms with Gasteiger partial charge in [-0.05, 0) is 48.8 Å². The fourth-order valence-electron chi connectivity index (χ4n) is 6.03. The van der Waals surface area contributed by atoms with Crippen molar-refractivity contribution in [3.63, 3.8) is 0 Å². The maximum absolute atomic E-state index is 12.5. The number of alkyl halides is 3. The molecule has 0 aliphatic carbocycles. The molecule has 218 valence electrons. The summed E-state index contributed by atoms with van der Waals surface area (Å²) in [6.45, 7) is 6.68. The van der Waals surface area contributed by atoms with Gasteiger partial charge >= 0.3 is 24.3 Å². The smallest absolute Gasteiger partial charge is 0.465 e. The summed E-state index contributed by atoms with van der Waals surface area (Å²) in [5.41, 5.74) is 0.199. The second-order valence-electron chi connectivity index (χ2n) is 10.8. The molecule has 2 aromatic rings. The van der Waals surface area contributed by atoms with Crippen LogP contribution in [0.3, 0.4) is 0 Å². The van der Waals surface area contributed by atoms with E-state index in [2.05, 4.69) is 19.5 Å². The van der Waals surface area contributed by atoms with Gasteiger partial charge in [0.25, 0.3) is 0 Å². The van der Waals surface area contributed by atoms with E-state index in [0.717, 1.165) is 31.7 Å². The highest BCUT2D eigenvalue weighted by Gasteiger charge is 2.42. The molecule has 2 unspecified atom stereocenters. The van der Waals surface area contributed by atoms with Gasteiger partial charge in [0, 0.05) is 56.3 Å². The molecule has 12 nitrogen and oxygen atoms in total. The lowest BCUT2D eigenvalue weighted by atomic mass is 9.91. The van der Waals surface area contributed by atoms with Gasteiger partial charge in [0.2, 0.25) is 0 Å². The van der Waals surface area contributed by atoms with Crippen molar-refractivity contribution < 1.29 is 37.5 Å². The number of hydrogen-bond donors (Lipinski definition) is 1. The Labute approximate surface area is 228 Å². The molecule has 3 atom stereocenters. The Morgan fingerprint density at radius 1 is 1.23 bits per heavy atom. The molecule has 0 radical (unpaired) electrons. The van der Waals surface area contributed by atoms with Crippen LogP contribution in [0, 0.1) is 10.1 Å². The van der Waals surface area contributed by atoms with Crippen molar-refractivity contribution in [2.75, 3.05) is 39.3 Å². The number of piperidine rings is 1. The number of hydrogen-bond acceptors (Lipinski definition) is 8. The maximum atomic E-state index is 12.5. The summed E-state index contributed by atoms with van der Waals surface area (Å²) in [7, 11) is 0. The Balaban J connectivity index is 1.14. The van der Waals surface area contributed by atoms with Crippen LogP contribution in [0.25, 0.3) is 0 Å². The number of aromatic nitrogens is 2. The number of amides is 1. The molecule has 1 aromatic heterocycles. The van der Waals surface area contributed by atoms with Crippen LogP contribution >= 0.6 is 0 Å². The van der Waals surface area contributed by atoms with E-state index in [-0.39, 0.29) is 29.7 Å². The highest BCUT2D eigenvalue weighted by Crippen LogP contribution is 2.32. The Kier molecular flexibility index (Phi) is 7.52. The molecule has 0 saturated carbocycles. The number of halogens is 3. The zero-order valence-electron chi connectivity index (χ0n) is 21.9. The van der Waals surface area contributed by atoms with Gasteiger partial charge in [-0.1, -0.05) is 12.1 Å². The molecule has 1 aromatic carbocycles. The summed E-state index contributed by atoms with van der Waals surface area (Å²) in [6.07, 6.45) is -2.63. The average molecular weight is 569 g/mol. The first-order chi connectivity index (χ1) is 18.9. The average Bonchev–Trinajstić information content (AvgIpc) is 3.40. The standard InChI is InChI=1S/C25H31F3N6O6/c1-24(16-32-14-21(34(37)38)29-22(32)40-24)15-30-8-10-31(11-9-30)18-6-7-33(23(35)36)19(13-18)12-17-2-4-20(5-3-17)39-25(26,27)28/h2-5,14,18-19H,6-13,15-16H2,1H3,(H,35,36)/t18?,19-,24?/m0/s1. The van der Waals surface area contributed by atoms with Gasteiger partial charge in [-0.25, -0.2) is 4.79 Å². The van der Waals surface area contributed by atoms with Gasteiger partial charge in [0.15, 0.2) is 0 Å². The topological polar surface area (TPSA) is 126 Å². The number of fused-ring (bicyclic) bond motifs is 1. The molecule has 4 heterocycles. The molecule has 1 N–H and O–H groups in total. The number of piperazine rings is 1.